The molecule has 0 spiro atoms. The van der Waals surface area contributed by atoms with Crippen molar-refractivity contribution in [3.63, 3.8) is 0 Å². The summed E-state index contributed by atoms with van der Waals surface area (Å²) in [4.78, 5) is 28.4. The molecular formula is C27H27Cl2FN2O2. The molecule has 0 fully saturated rings. The van der Waals surface area contributed by atoms with E-state index >= 15 is 0 Å². The average molecular weight is 501 g/mol. The number of carbonyl (C=O) groups is 2. The van der Waals surface area contributed by atoms with Crippen LogP contribution in [0.15, 0.2) is 72.8 Å². The number of hydrogen-bond donors (Lipinski definition) is 1. The zero-order valence-electron chi connectivity index (χ0n) is 19.1. The van der Waals surface area contributed by atoms with Gasteiger partial charge >= 0.3 is 0 Å². The Balaban J connectivity index is 2.02. The Morgan fingerprint density at radius 3 is 2.21 bits per heavy atom. The Morgan fingerprint density at radius 2 is 1.56 bits per heavy atom. The van der Waals surface area contributed by atoms with Crippen LogP contribution in [-0.4, -0.2) is 28.8 Å². The first-order chi connectivity index (χ1) is 16.3. The minimum absolute atomic E-state index is 0.0909. The van der Waals surface area contributed by atoms with Crippen molar-refractivity contribution in [3.05, 3.63) is 105 Å². The maximum atomic E-state index is 14.5. The van der Waals surface area contributed by atoms with Gasteiger partial charge in [0.05, 0.1) is 6.42 Å². The molecular weight excluding hydrogens is 474 g/mol. The van der Waals surface area contributed by atoms with Crippen LogP contribution in [0.25, 0.3) is 0 Å². The van der Waals surface area contributed by atoms with E-state index in [0.717, 1.165) is 5.56 Å². The maximum absolute atomic E-state index is 14.5. The first-order valence-corrected chi connectivity index (χ1v) is 11.8. The van der Waals surface area contributed by atoms with Crippen LogP contribution < -0.4 is 5.32 Å². The van der Waals surface area contributed by atoms with Crippen molar-refractivity contribution in [2.24, 2.45) is 0 Å². The van der Waals surface area contributed by atoms with Gasteiger partial charge in [0.1, 0.15) is 11.9 Å². The van der Waals surface area contributed by atoms with Gasteiger partial charge in [0.15, 0.2) is 0 Å². The average Bonchev–Trinajstić information content (AvgIpc) is 2.80. The highest BCUT2D eigenvalue weighted by atomic mass is 35.5. The first kappa shape index (κ1) is 25.7. The van der Waals surface area contributed by atoms with E-state index in [0.29, 0.717) is 17.0 Å². The van der Waals surface area contributed by atoms with E-state index in [1.807, 2.05) is 50.2 Å². The van der Waals surface area contributed by atoms with Crippen LogP contribution in [0.2, 0.25) is 10.0 Å². The van der Waals surface area contributed by atoms with Gasteiger partial charge in [0.25, 0.3) is 0 Å². The van der Waals surface area contributed by atoms with Gasteiger partial charge < -0.3 is 10.2 Å². The highest BCUT2D eigenvalue weighted by Gasteiger charge is 2.31. The summed E-state index contributed by atoms with van der Waals surface area (Å²) in [7, 11) is 0. The Bertz CT molecular complexity index is 1120. The second kappa shape index (κ2) is 12.0. The molecule has 178 valence electrons. The van der Waals surface area contributed by atoms with E-state index in [-0.39, 0.29) is 35.5 Å². The lowest BCUT2D eigenvalue weighted by atomic mass is 10.0. The first-order valence-electron chi connectivity index (χ1n) is 11.1. The molecule has 2 amide bonds. The molecule has 0 saturated heterocycles. The lowest BCUT2D eigenvalue weighted by Crippen LogP contribution is -2.52. The van der Waals surface area contributed by atoms with Gasteiger partial charge in [-0.15, -0.1) is 0 Å². The SMILES string of the molecule is CC(C)NC(=O)[C@H](Cc1ccccc1)N(Cc1ccccc1Cl)C(=O)Cc1c(F)cccc1Cl. The van der Waals surface area contributed by atoms with E-state index in [4.69, 9.17) is 23.2 Å². The van der Waals surface area contributed by atoms with Gasteiger partial charge in [0.2, 0.25) is 11.8 Å². The molecule has 3 aromatic rings. The zero-order valence-corrected chi connectivity index (χ0v) is 20.6. The largest absolute Gasteiger partial charge is 0.352 e. The summed E-state index contributed by atoms with van der Waals surface area (Å²) >= 11 is 12.6. The van der Waals surface area contributed by atoms with E-state index in [9.17, 15) is 14.0 Å². The molecule has 0 aromatic heterocycles. The van der Waals surface area contributed by atoms with Crippen LogP contribution in [-0.2, 0) is 29.0 Å². The van der Waals surface area contributed by atoms with Gasteiger partial charge in [-0.1, -0.05) is 77.8 Å². The number of amides is 2. The number of nitrogens with one attached hydrogen (secondary N) is 1. The molecule has 0 aliphatic rings. The number of benzene rings is 3. The van der Waals surface area contributed by atoms with Gasteiger partial charge in [-0.05, 0) is 43.2 Å². The third kappa shape index (κ3) is 6.81. The number of nitrogens with zero attached hydrogens (tertiary/aromatic N) is 1. The fourth-order valence-electron chi connectivity index (χ4n) is 3.70. The molecule has 0 saturated carbocycles. The van der Waals surface area contributed by atoms with Crippen LogP contribution in [0.1, 0.15) is 30.5 Å². The molecule has 0 unspecified atom stereocenters. The quantitative estimate of drug-likeness (QED) is 0.401. The van der Waals surface area contributed by atoms with Crippen molar-refractivity contribution >= 4 is 35.0 Å². The van der Waals surface area contributed by atoms with Crippen molar-refractivity contribution < 1.29 is 14.0 Å². The van der Waals surface area contributed by atoms with Gasteiger partial charge in [0, 0.05) is 34.6 Å². The third-order valence-corrected chi connectivity index (χ3v) is 6.11. The van der Waals surface area contributed by atoms with Gasteiger partial charge in [-0.2, -0.15) is 0 Å². The molecule has 0 radical (unpaired) electrons. The Morgan fingerprint density at radius 1 is 0.912 bits per heavy atom. The van der Waals surface area contributed by atoms with E-state index < -0.39 is 17.8 Å². The van der Waals surface area contributed by atoms with Crippen LogP contribution in [0.5, 0.6) is 0 Å². The predicted octanol–water partition coefficient (Wildman–Crippen LogP) is 5.84. The molecule has 0 aliphatic carbocycles. The van der Waals surface area contributed by atoms with Crippen LogP contribution in [0.4, 0.5) is 4.39 Å². The molecule has 1 atom stereocenters. The Kier molecular flexibility index (Phi) is 9.08. The lowest BCUT2D eigenvalue weighted by molar-refractivity contribution is -0.141. The summed E-state index contributed by atoms with van der Waals surface area (Å²) in [5.41, 5.74) is 1.68. The smallest absolute Gasteiger partial charge is 0.243 e. The molecule has 0 bridgehead atoms. The second-order valence-corrected chi connectivity index (χ2v) is 9.17. The van der Waals surface area contributed by atoms with E-state index in [1.54, 1.807) is 24.3 Å². The predicted molar refractivity (Wildman–Crippen MR) is 134 cm³/mol. The monoisotopic (exact) mass is 500 g/mol. The summed E-state index contributed by atoms with van der Waals surface area (Å²) in [6.45, 7) is 3.81. The van der Waals surface area contributed by atoms with Gasteiger partial charge in [-0.25, -0.2) is 4.39 Å². The third-order valence-electron chi connectivity index (χ3n) is 5.39. The standard InChI is InChI=1S/C27H27Cl2FN2O2/c1-18(2)31-27(34)25(15-19-9-4-3-5-10-19)32(17-20-11-6-7-12-22(20)28)26(33)16-21-23(29)13-8-14-24(21)30/h3-14,18,25H,15-17H2,1-2H3,(H,31,34)/t25-/m0/s1. The highest BCUT2D eigenvalue weighted by Crippen LogP contribution is 2.24. The van der Waals surface area contributed by atoms with Crippen molar-refractivity contribution in [1.29, 1.82) is 0 Å². The molecule has 34 heavy (non-hydrogen) atoms. The second-order valence-electron chi connectivity index (χ2n) is 8.36. The zero-order chi connectivity index (χ0) is 24.7. The van der Waals surface area contributed by atoms with Crippen molar-refractivity contribution in [1.82, 2.24) is 10.2 Å². The minimum Gasteiger partial charge on any atom is -0.352 e. The van der Waals surface area contributed by atoms with Crippen molar-refractivity contribution in [2.75, 3.05) is 0 Å². The normalized spacial score (nSPS) is 11.8. The fraction of sp³-hybridized carbons (Fsp3) is 0.259. The van der Waals surface area contributed by atoms with Crippen molar-refractivity contribution in [3.8, 4) is 0 Å². The molecule has 0 aliphatic heterocycles. The van der Waals surface area contributed by atoms with Crippen LogP contribution in [0.3, 0.4) is 0 Å². The molecule has 3 rings (SSSR count). The molecule has 3 aromatic carbocycles. The van der Waals surface area contributed by atoms with Crippen LogP contribution >= 0.6 is 23.2 Å². The minimum atomic E-state index is -0.834. The van der Waals surface area contributed by atoms with E-state index in [2.05, 4.69) is 5.32 Å². The summed E-state index contributed by atoms with van der Waals surface area (Å²) < 4.78 is 14.5. The van der Waals surface area contributed by atoms with E-state index in [1.165, 1.54) is 17.0 Å². The fourth-order valence-corrected chi connectivity index (χ4v) is 4.12. The van der Waals surface area contributed by atoms with Crippen LogP contribution in [0, 0.1) is 5.82 Å². The summed E-state index contributed by atoms with van der Waals surface area (Å²) in [5.74, 6) is -1.28. The topological polar surface area (TPSA) is 49.4 Å². The number of rotatable bonds is 9. The maximum Gasteiger partial charge on any atom is 0.243 e. The summed E-state index contributed by atoms with van der Waals surface area (Å²) in [5, 5.41) is 3.56. The van der Waals surface area contributed by atoms with Crippen molar-refractivity contribution in [2.45, 2.75) is 45.3 Å². The summed E-state index contributed by atoms with van der Waals surface area (Å²) in [6, 6.07) is 19.9. The number of halogens is 3. The lowest BCUT2D eigenvalue weighted by Gasteiger charge is -2.32. The van der Waals surface area contributed by atoms with Gasteiger partial charge in [-0.3, -0.25) is 9.59 Å². The molecule has 0 heterocycles. The molecule has 7 heteroatoms. The number of hydrogen-bond acceptors (Lipinski definition) is 2. The molecule has 1 N–H and O–H groups in total. The Hall–Kier alpha value is -2.89. The summed E-state index contributed by atoms with van der Waals surface area (Å²) in [6.07, 6.45) is 0.0107. The Labute approximate surface area is 209 Å². The number of carbonyl (C=O) groups excluding carboxylic acids is 2. The highest BCUT2D eigenvalue weighted by molar-refractivity contribution is 6.31. The molecule has 4 nitrogen and oxygen atoms in total.